The molecule has 0 atom stereocenters. The Balaban J connectivity index is 1.99. The van der Waals surface area contributed by atoms with Crippen molar-refractivity contribution in [2.24, 2.45) is 0 Å². The Hall–Kier alpha value is -0.730. The quantitative estimate of drug-likeness (QED) is 0.663. The van der Waals surface area contributed by atoms with Gasteiger partial charge < -0.3 is 10.1 Å². The smallest absolute Gasteiger partial charge is 0.0639 e. The van der Waals surface area contributed by atoms with Crippen LogP contribution < -0.4 is 5.32 Å². The molecule has 0 heterocycles. The standard InChI is InChI=1S/C14H22ClNO/c1-2-3-4-7-11-17-12-10-16-14-9-6-5-8-13(14)15/h5-6,8-9,16H,2-4,7,10-12H2,1H3. The van der Waals surface area contributed by atoms with Crippen LogP contribution in [0.3, 0.4) is 0 Å². The van der Waals surface area contributed by atoms with E-state index in [1.807, 2.05) is 24.3 Å². The SMILES string of the molecule is CCCCCCOCCNc1ccccc1Cl. The molecule has 0 fully saturated rings. The van der Waals surface area contributed by atoms with E-state index in [-0.39, 0.29) is 0 Å². The molecule has 0 aliphatic heterocycles. The van der Waals surface area contributed by atoms with Gasteiger partial charge in [-0.1, -0.05) is 49.9 Å². The summed E-state index contributed by atoms with van der Waals surface area (Å²) in [5.41, 5.74) is 0.976. The number of ether oxygens (including phenoxy) is 1. The topological polar surface area (TPSA) is 21.3 Å². The highest BCUT2D eigenvalue weighted by Crippen LogP contribution is 2.19. The average Bonchev–Trinajstić information content (AvgIpc) is 2.35. The molecule has 17 heavy (non-hydrogen) atoms. The third-order valence-electron chi connectivity index (χ3n) is 2.58. The van der Waals surface area contributed by atoms with E-state index >= 15 is 0 Å². The molecular weight excluding hydrogens is 234 g/mol. The predicted octanol–water partition coefficient (Wildman–Crippen LogP) is 4.35. The summed E-state index contributed by atoms with van der Waals surface area (Å²) in [5.74, 6) is 0. The van der Waals surface area contributed by atoms with Gasteiger partial charge in [0, 0.05) is 13.2 Å². The highest BCUT2D eigenvalue weighted by molar-refractivity contribution is 6.33. The fourth-order valence-electron chi connectivity index (χ4n) is 1.60. The van der Waals surface area contributed by atoms with Gasteiger partial charge in [0.15, 0.2) is 0 Å². The first-order valence-corrected chi connectivity index (χ1v) is 6.78. The van der Waals surface area contributed by atoms with E-state index in [4.69, 9.17) is 16.3 Å². The van der Waals surface area contributed by atoms with Crippen LogP contribution in [0.5, 0.6) is 0 Å². The fourth-order valence-corrected chi connectivity index (χ4v) is 1.80. The van der Waals surface area contributed by atoms with Crippen LogP contribution in [0.15, 0.2) is 24.3 Å². The zero-order valence-corrected chi connectivity index (χ0v) is 11.3. The minimum atomic E-state index is 0.733. The monoisotopic (exact) mass is 255 g/mol. The van der Waals surface area contributed by atoms with Crippen LogP contribution >= 0.6 is 11.6 Å². The summed E-state index contributed by atoms with van der Waals surface area (Å²) in [6.07, 6.45) is 5.02. The number of anilines is 1. The first kappa shape index (κ1) is 14.3. The number of benzene rings is 1. The van der Waals surface area contributed by atoms with Gasteiger partial charge in [-0.3, -0.25) is 0 Å². The zero-order valence-electron chi connectivity index (χ0n) is 10.5. The molecular formula is C14H22ClNO. The molecule has 3 heteroatoms. The molecule has 0 aromatic heterocycles. The van der Waals surface area contributed by atoms with Crippen LogP contribution in [-0.4, -0.2) is 19.8 Å². The van der Waals surface area contributed by atoms with E-state index < -0.39 is 0 Å². The first-order valence-electron chi connectivity index (χ1n) is 6.40. The maximum atomic E-state index is 6.02. The zero-order chi connectivity index (χ0) is 12.3. The molecule has 2 nitrogen and oxygen atoms in total. The molecule has 1 rings (SSSR count). The molecule has 0 saturated carbocycles. The van der Waals surface area contributed by atoms with Crippen molar-refractivity contribution >= 4 is 17.3 Å². The minimum absolute atomic E-state index is 0.733. The predicted molar refractivity (Wildman–Crippen MR) is 74.9 cm³/mol. The molecule has 0 spiro atoms. The lowest BCUT2D eigenvalue weighted by Gasteiger charge is -2.08. The second-order valence-corrected chi connectivity index (χ2v) is 4.49. The van der Waals surface area contributed by atoms with Gasteiger partial charge in [-0.15, -0.1) is 0 Å². The average molecular weight is 256 g/mol. The summed E-state index contributed by atoms with van der Waals surface area (Å²) in [6.45, 7) is 4.62. The highest BCUT2D eigenvalue weighted by Gasteiger charge is 1.96. The Morgan fingerprint density at radius 3 is 2.71 bits per heavy atom. The van der Waals surface area contributed by atoms with E-state index in [9.17, 15) is 0 Å². The van der Waals surface area contributed by atoms with Crippen LogP contribution in [0.25, 0.3) is 0 Å². The summed E-state index contributed by atoms with van der Waals surface area (Å²) < 4.78 is 5.54. The Bertz CT molecular complexity index is 304. The van der Waals surface area contributed by atoms with Gasteiger partial charge >= 0.3 is 0 Å². The van der Waals surface area contributed by atoms with Crippen molar-refractivity contribution in [1.29, 1.82) is 0 Å². The number of nitrogens with one attached hydrogen (secondary N) is 1. The number of hydrogen-bond acceptors (Lipinski definition) is 2. The van der Waals surface area contributed by atoms with E-state index in [1.165, 1.54) is 25.7 Å². The third-order valence-corrected chi connectivity index (χ3v) is 2.91. The maximum Gasteiger partial charge on any atom is 0.0639 e. The summed E-state index contributed by atoms with van der Waals surface area (Å²) in [4.78, 5) is 0. The molecule has 0 radical (unpaired) electrons. The van der Waals surface area contributed by atoms with Crippen LogP contribution in [0.1, 0.15) is 32.6 Å². The lowest BCUT2D eigenvalue weighted by atomic mass is 10.2. The van der Waals surface area contributed by atoms with Crippen molar-refractivity contribution in [3.05, 3.63) is 29.3 Å². The number of hydrogen-bond donors (Lipinski definition) is 1. The Kier molecular flexibility index (Phi) is 7.85. The van der Waals surface area contributed by atoms with Crippen molar-refractivity contribution in [1.82, 2.24) is 0 Å². The molecule has 0 bridgehead atoms. The Morgan fingerprint density at radius 2 is 1.94 bits per heavy atom. The van der Waals surface area contributed by atoms with Gasteiger partial charge in [-0.05, 0) is 18.6 Å². The first-order chi connectivity index (χ1) is 8.34. The number of unbranched alkanes of at least 4 members (excludes halogenated alkanes) is 3. The molecule has 1 aromatic carbocycles. The van der Waals surface area contributed by atoms with Gasteiger partial charge in [0.25, 0.3) is 0 Å². The third kappa shape index (κ3) is 6.54. The van der Waals surface area contributed by atoms with Crippen LogP contribution in [0.4, 0.5) is 5.69 Å². The maximum absolute atomic E-state index is 6.02. The van der Waals surface area contributed by atoms with E-state index in [0.717, 1.165) is 30.5 Å². The highest BCUT2D eigenvalue weighted by atomic mass is 35.5. The second-order valence-electron chi connectivity index (χ2n) is 4.08. The Morgan fingerprint density at radius 1 is 1.12 bits per heavy atom. The molecule has 1 aromatic rings. The molecule has 0 unspecified atom stereocenters. The van der Waals surface area contributed by atoms with Crippen molar-refractivity contribution < 1.29 is 4.74 Å². The van der Waals surface area contributed by atoms with Gasteiger partial charge in [-0.25, -0.2) is 0 Å². The lowest BCUT2D eigenvalue weighted by molar-refractivity contribution is 0.139. The summed E-state index contributed by atoms with van der Waals surface area (Å²) in [5, 5.41) is 4.02. The summed E-state index contributed by atoms with van der Waals surface area (Å²) in [6, 6.07) is 7.76. The minimum Gasteiger partial charge on any atom is -0.382 e. The fraction of sp³-hybridized carbons (Fsp3) is 0.571. The number of halogens is 1. The molecule has 0 aliphatic rings. The van der Waals surface area contributed by atoms with Gasteiger partial charge in [0.2, 0.25) is 0 Å². The van der Waals surface area contributed by atoms with Crippen molar-refractivity contribution in [3.63, 3.8) is 0 Å². The normalized spacial score (nSPS) is 10.5. The van der Waals surface area contributed by atoms with Gasteiger partial charge in [-0.2, -0.15) is 0 Å². The van der Waals surface area contributed by atoms with Crippen LogP contribution in [-0.2, 0) is 4.74 Å². The Labute approximate surface area is 109 Å². The molecule has 0 amide bonds. The second kappa shape index (κ2) is 9.32. The largest absolute Gasteiger partial charge is 0.382 e. The van der Waals surface area contributed by atoms with Crippen molar-refractivity contribution in [2.45, 2.75) is 32.6 Å². The molecule has 96 valence electrons. The van der Waals surface area contributed by atoms with Crippen molar-refractivity contribution in [2.75, 3.05) is 25.1 Å². The van der Waals surface area contributed by atoms with Gasteiger partial charge in [0.1, 0.15) is 0 Å². The molecule has 1 N–H and O–H groups in total. The number of rotatable bonds is 9. The summed E-state index contributed by atoms with van der Waals surface area (Å²) in [7, 11) is 0. The molecule has 0 saturated heterocycles. The molecule has 0 aliphatic carbocycles. The lowest BCUT2D eigenvalue weighted by Crippen LogP contribution is -2.10. The van der Waals surface area contributed by atoms with E-state index in [0.29, 0.717) is 0 Å². The van der Waals surface area contributed by atoms with Crippen LogP contribution in [0.2, 0.25) is 5.02 Å². The van der Waals surface area contributed by atoms with Crippen molar-refractivity contribution in [3.8, 4) is 0 Å². The van der Waals surface area contributed by atoms with Crippen LogP contribution in [0, 0.1) is 0 Å². The summed E-state index contributed by atoms with van der Waals surface area (Å²) >= 11 is 6.02. The van der Waals surface area contributed by atoms with Gasteiger partial charge in [0.05, 0.1) is 17.3 Å². The van der Waals surface area contributed by atoms with E-state index in [2.05, 4.69) is 12.2 Å². The van der Waals surface area contributed by atoms with E-state index in [1.54, 1.807) is 0 Å². The number of para-hydroxylation sites is 1.